The van der Waals surface area contributed by atoms with Crippen LogP contribution in [-0.4, -0.2) is 25.5 Å². The molecule has 0 radical (unpaired) electrons. The monoisotopic (exact) mass is 297 g/mol. The first kappa shape index (κ1) is 12.4. The Morgan fingerprint density at radius 3 is 3.00 bits per heavy atom. The molecule has 0 unspecified atom stereocenters. The summed E-state index contributed by atoms with van der Waals surface area (Å²) >= 11 is 3.45. The van der Waals surface area contributed by atoms with Gasteiger partial charge in [0.2, 0.25) is 5.91 Å². The molecule has 0 bridgehead atoms. The molecule has 0 spiro atoms. The Balaban J connectivity index is 2.48. The topological polar surface area (TPSA) is 58.4 Å². The first-order valence-electron chi connectivity index (χ1n) is 5.67. The Hall–Kier alpha value is -1.07. The van der Waals surface area contributed by atoms with Crippen LogP contribution in [0.2, 0.25) is 0 Å². The Morgan fingerprint density at radius 1 is 1.53 bits per heavy atom. The van der Waals surface area contributed by atoms with Crippen molar-refractivity contribution in [1.29, 1.82) is 0 Å². The van der Waals surface area contributed by atoms with Gasteiger partial charge in [-0.3, -0.25) is 4.79 Å². The van der Waals surface area contributed by atoms with E-state index in [1.54, 1.807) is 0 Å². The number of fused-ring (bicyclic) bond motifs is 1. The predicted octanol–water partition coefficient (Wildman–Crippen LogP) is 1.86. The number of anilines is 2. The van der Waals surface area contributed by atoms with Crippen molar-refractivity contribution in [2.24, 2.45) is 5.73 Å². The molecule has 4 nitrogen and oxygen atoms in total. The number of rotatable bonds is 2. The van der Waals surface area contributed by atoms with Crippen LogP contribution in [0.3, 0.4) is 0 Å². The molecule has 0 aromatic heterocycles. The Kier molecular flexibility index (Phi) is 3.69. The minimum Gasteiger partial charge on any atom is -0.368 e. The lowest BCUT2D eigenvalue weighted by Crippen LogP contribution is -2.30. The van der Waals surface area contributed by atoms with E-state index in [4.69, 9.17) is 5.73 Å². The molecule has 0 aliphatic carbocycles. The molecule has 3 N–H and O–H groups in total. The Bertz CT molecular complexity index is 448. The lowest BCUT2D eigenvalue weighted by Gasteiger charge is -2.25. The van der Waals surface area contributed by atoms with E-state index in [-0.39, 0.29) is 5.91 Å². The highest BCUT2D eigenvalue weighted by Gasteiger charge is 2.20. The fraction of sp³-hybridized carbons (Fsp3) is 0.417. The molecule has 5 heteroatoms. The summed E-state index contributed by atoms with van der Waals surface area (Å²) in [4.78, 5) is 13.8. The number of hydrogen-bond acceptors (Lipinski definition) is 3. The molecule has 0 atom stereocenters. The zero-order valence-corrected chi connectivity index (χ0v) is 11.4. The number of amides is 1. The lowest BCUT2D eigenvalue weighted by atomic mass is 10.1. The van der Waals surface area contributed by atoms with Crippen molar-refractivity contribution in [3.8, 4) is 0 Å². The van der Waals surface area contributed by atoms with E-state index in [1.165, 1.54) is 0 Å². The van der Waals surface area contributed by atoms with Crippen LogP contribution in [0.5, 0.6) is 0 Å². The second kappa shape index (κ2) is 5.06. The third-order valence-corrected chi connectivity index (χ3v) is 3.32. The van der Waals surface area contributed by atoms with Gasteiger partial charge >= 0.3 is 0 Å². The lowest BCUT2D eigenvalue weighted by molar-refractivity contribution is -0.115. The second-order valence-corrected chi connectivity index (χ2v) is 5.11. The number of nitrogens with one attached hydrogen (secondary N) is 1. The number of nitrogens with zero attached hydrogens (tertiary/aromatic N) is 1. The maximum atomic E-state index is 11.6. The van der Waals surface area contributed by atoms with E-state index < -0.39 is 0 Å². The average molecular weight is 298 g/mol. The van der Waals surface area contributed by atoms with Gasteiger partial charge in [0.15, 0.2) is 0 Å². The summed E-state index contributed by atoms with van der Waals surface area (Å²) in [5.41, 5.74) is 8.73. The van der Waals surface area contributed by atoms with Crippen LogP contribution in [-0.2, 0) is 4.79 Å². The molecule has 1 aromatic rings. The first-order valence-corrected chi connectivity index (χ1v) is 6.46. The molecule has 1 aromatic carbocycles. The molecule has 0 saturated carbocycles. The summed E-state index contributed by atoms with van der Waals surface area (Å²) in [5.74, 6) is 0.0586. The van der Waals surface area contributed by atoms with Crippen molar-refractivity contribution < 1.29 is 4.79 Å². The van der Waals surface area contributed by atoms with Gasteiger partial charge in [-0.25, -0.2) is 0 Å². The fourth-order valence-corrected chi connectivity index (χ4v) is 2.76. The van der Waals surface area contributed by atoms with E-state index in [2.05, 4.69) is 32.2 Å². The average Bonchev–Trinajstić information content (AvgIpc) is 2.38. The van der Waals surface area contributed by atoms with Crippen molar-refractivity contribution in [1.82, 2.24) is 0 Å². The number of nitrogens with two attached hydrogens (primary N) is 1. The number of benzene rings is 1. The van der Waals surface area contributed by atoms with E-state index in [0.29, 0.717) is 13.0 Å². The molecule has 2 rings (SSSR count). The first-order chi connectivity index (χ1) is 8.11. The van der Waals surface area contributed by atoms with Gasteiger partial charge in [-0.2, -0.15) is 0 Å². The van der Waals surface area contributed by atoms with Gasteiger partial charge in [0.05, 0.1) is 11.4 Å². The fourth-order valence-electron chi connectivity index (χ4n) is 2.19. The van der Waals surface area contributed by atoms with Gasteiger partial charge in [0.25, 0.3) is 0 Å². The number of aryl methyl sites for hydroxylation is 1. The minimum absolute atomic E-state index is 0.0586. The van der Waals surface area contributed by atoms with Crippen molar-refractivity contribution in [2.75, 3.05) is 29.9 Å². The van der Waals surface area contributed by atoms with Crippen molar-refractivity contribution in [3.05, 3.63) is 22.2 Å². The van der Waals surface area contributed by atoms with Crippen molar-refractivity contribution in [2.45, 2.75) is 13.3 Å². The normalized spacial score (nSPS) is 15.2. The van der Waals surface area contributed by atoms with Crippen LogP contribution in [0.25, 0.3) is 0 Å². The van der Waals surface area contributed by atoms with Crippen LogP contribution in [0.4, 0.5) is 11.4 Å². The van der Waals surface area contributed by atoms with E-state index >= 15 is 0 Å². The van der Waals surface area contributed by atoms with Gasteiger partial charge in [0, 0.05) is 30.5 Å². The van der Waals surface area contributed by atoms with E-state index in [9.17, 15) is 4.79 Å². The number of halogens is 1. The number of carbonyl (C=O) groups is 1. The van der Waals surface area contributed by atoms with Crippen LogP contribution < -0.4 is 16.0 Å². The molecule has 1 heterocycles. The SMILES string of the molecule is Cc1cc(Br)cc2c1N(CCN)CCC(=O)N2. The third-order valence-electron chi connectivity index (χ3n) is 2.86. The molecular formula is C12H16BrN3O. The number of carbonyl (C=O) groups excluding carboxylic acids is 1. The standard InChI is InChI=1S/C12H16BrN3O/c1-8-6-9(13)7-10-12(8)16(5-3-14)4-2-11(17)15-10/h6-7H,2-5,14H2,1H3,(H,15,17). The summed E-state index contributed by atoms with van der Waals surface area (Å²) in [6.45, 7) is 4.12. The summed E-state index contributed by atoms with van der Waals surface area (Å²) < 4.78 is 0.976. The Morgan fingerprint density at radius 2 is 2.29 bits per heavy atom. The molecule has 1 amide bonds. The van der Waals surface area contributed by atoms with Gasteiger partial charge in [-0.05, 0) is 24.6 Å². The second-order valence-electron chi connectivity index (χ2n) is 4.19. The number of hydrogen-bond donors (Lipinski definition) is 2. The van der Waals surface area contributed by atoms with Gasteiger partial charge in [-0.15, -0.1) is 0 Å². The maximum Gasteiger partial charge on any atom is 0.226 e. The van der Waals surface area contributed by atoms with Crippen LogP contribution in [0, 0.1) is 6.92 Å². The summed E-state index contributed by atoms with van der Waals surface area (Å²) in [6, 6.07) is 3.99. The predicted molar refractivity (Wildman–Crippen MR) is 73.4 cm³/mol. The molecular weight excluding hydrogens is 282 g/mol. The zero-order chi connectivity index (χ0) is 12.4. The quantitative estimate of drug-likeness (QED) is 0.876. The largest absolute Gasteiger partial charge is 0.368 e. The molecule has 92 valence electrons. The van der Waals surface area contributed by atoms with Gasteiger partial charge in [0.1, 0.15) is 0 Å². The summed E-state index contributed by atoms with van der Waals surface area (Å²) in [7, 11) is 0. The zero-order valence-electron chi connectivity index (χ0n) is 9.79. The van der Waals surface area contributed by atoms with Crippen LogP contribution in [0.15, 0.2) is 16.6 Å². The summed E-state index contributed by atoms with van der Waals surface area (Å²) in [6.07, 6.45) is 0.506. The molecule has 0 fully saturated rings. The molecule has 0 saturated heterocycles. The molecule has 1 aliphatic rings. The van der Waals surface area contributed by atoms with E-state index in [0.717, 1.165) is 34.5 Å². The third kappa shape index (κ3) is 2.61. The van der Waals surface area contributed by atoms with Crippen LogP contribution >= 0.6 is 15.9 Å². The Labute approximate surface area is 109 Å². The molecule has 1 aliphatic heterocycles. The highest BCUT2D eigenvalue weighted by Crippen LogP contribution is 2.34. The summed E-state index contributed by atoms with van der Waals surface area (Å²) in [5, 5.41) is 2.94. The van der Waals surface area contributed by atoms with E-state index in [1.807, 2.05) is 13.0 Å². The highest BCUT2D eigenvalue weighted by atomic mass is 79.9. The van der Waals surface area contributed by atoms with Crippen LogP contribution in [0.1, 0.15) is 12.0 Å². The van der Waals surface area contributed by atoms with Crippen molar-refractivity contribution >= 4 is 33.2 Å². The van der Waals surface area contributed by atoms with Gasteiger partial charge < -0.3 is 16.0 Å². The maximum absolute atomic E-state index is 11.6. The minimum atomic E-state index is 0.0586. The van der Waals surface area contributed by atoms with Crippen molar-refractivity contribution in [3.63, 3.8) is 0 Å². The van der Waals surface area contributed by atoms with Gasteiger partial charge in [-0.1, -0.05) is 15.9 Å². The highest BCUT2D eigenvalue weighted by molar-refractivity contribution is 9.10. The smallest absolute Gasteiger partial charge is 0.226 e. The molecule has 17 heavy (non-hydrogen) atoms.